The van der Waals surface area contributed by atoms with Crippen molar-refractivity contribution in [2.45, 2.75) is 6.92 Å². The number of nitrogens with zero attached hydrogens (tertiary/aromatic N) is 2. The summed E-state index contributed by atoms with van der Waals surface area (Å²) >= 11 is 0. The molecule has 0 atom stereocenters. The van der Waals surface area contributed by atoms with E-state index < -0.39 is 0 Å². The van der Waals surface area contributed by atoms with E-state index in [-0.39, 0.29) is 11.9 Å². The van der Waals surface area contributed by atoms with E-state index in [4.69, 9.17) is 0 Å². The van der Waals surface area contributed by atoms with Crippen molar-refractivity contribution in [1.82, 2.24) is 9.78 Å². The first-order chi connectivity index (χ1) is 15.1. The zero-order chi connectivity index (χ0) is 21.6. The van der Waals surface area contributed by atoms with Crippen molar-refractivity contribution < 1.29 is 9.59 Å². The van der Waals surface area contributed by atoms with E-state index in [9.17, 15) is 9.59 Å². The Morgan fingerprint density at radius 1 is 0.742 bits per heavy atom. The van der Waals surface area contributed by atoms with Gasteiger partial charge in [-0.15, -0.1) is 0 Å². The van der Waals surface area contributed by atoms with E-state index in [0.717, 1.165) is 11.4 Å². The zero-order valence-corrected chi connectivity index (χ0v) is 16.9. The third-order valence-electron chi connectivity index (χ3n) is 4.62. The van der Waals surface area contributed by atoms with Crippen molar-refractivity contribution in [3.63, 3.8) is 0 Å². The van der Waals surface area contributed by atoms with Crippen LogP contribution in [0.3, 0.4) is 0 Å². The minimum atomic E-state index is -0.362. The molecule has 154 valence electrons. The molecular formula is C24H21N5O2. The summed E-state index contributed by atoms with van der Waals surface area (Å²) in [7, 11) is 0. The molecule has 0 aliphatic heterocycles. The van der Waals surface area contributed by atoms with E-state index in [1.165, 1.54) is 0 Å². The van der Waals surface area contributed by atoms with Crippen LogP contribution >= 0.6 is 0 Å². The van der Waals surface area contributed by atoms with Crippen LogP contribution in [0.2, 0.25) is 0 Å². The minimum absolute atomic E-state index is 0.241. The van der Waals surface area contributed by atoms with Crippen LogP contribution in [0.15, 0.2) is 91.1 Å². The molecule has 1 aromatic heterocycles. The monoisotopic (exact) mass is 411 g/mol. The Balaban J connectivity index is 1.39. The maximum Gasteiger partial charge on any atom is 0.323 e. The molecule has 0 bridgehead atoms. The topological polar surface area (TPSA) is 88.1 Å². The fourth-order valence-corrected chi connectivity index (χ4v) is 3.09. The largest absolute Gasteiger partial charge is 0.323 e. The first kappa shape index (κ1) is 19.9. The SMILES string of the molecule is Cc1ccnn1-c1ccc(C(=O)Nc2cccc(NC(=O)Nc3ccccc3)c2)cc1. The number of para-hydroxylation sites is 1. The molecule has 0 spiro atoms. The first-order valence-electron chi connectivity index (χ1n) is 9.74. The van der Waals surface area contributed by atoms with Gasteiger partial charge in [0.2, 0.25) is 0 Å². The van der Waals surface area contributed by atoms with Crippen molar-refractivity contribution in [3.8, 4) is 5.69 Å². The molecule has 3 amide bonds. The second-order valence-corrected chi connectivity index (χ2v) is 6.91. The number of carbonyl (C=O) groups is 2. The number of hydrogen-bond donors (Lipinski definition) is 3. The van der Waals surface area contributed by atoms with E-state index in [1.807, 2.05) is 43.3 Å². The Kier molecular flexibility index (Phi) is 5.75. The highest BCUT2D eigenvalue weighted by Crippen LogP contribution is 2.18. The van der Waals surface area contributed by atoms with Gasteiger partial charge in [-0.3, -0.25) is 4.79 Å². The number of aryl methyl sites for hydroxylation is 1. The van der Waals surface area contributed by atoms with E-state index >= 15 is 0 Å². The summed E-state index contributed by atoms with van der Waals surface area (Å²) in [5, 5.41) is 12.6. The first-order valence-corrected chi connectivity index (χ1v) is 9.74. The van der Waals surface area contributed by atoms with Crippen LogP contribution in [-0.2, 0) is 0 Å². The lowest BCUT2D eigenvalue weighted by Gasteiger charge is -2.10. The molecule has 3 N–H and O–H groups in total. The second kappa shape index (κ2) is 8.96. The maximum absolute atomic E-state index is 12.6. The minimum Gasteiger partial charge on any atom is -0.322 e. The highest BCUT2D eigenvalue weighted by atomic mass is 16.2. The molecule has 1 heterocycles. The van der Waals surface area contributed by atoms with Gasteiger partial charge in [-0.1, -0.05) is 24.3 Å². The number of amides is 3. The summed E-state index contributed by atoms with van der Waals surface area (Å²) in [6, 6.07) is 24.9. The van der Waals surface area contributed by atoms with Gasteiger partial charge in [-0.2, -0.15) is 5.10 Å². The third-order valence-corrected chi connectivity index (χ3v) is 4.62. The van der Waals surface area contributed by atoms with E-state index in [1.54, 1.807) is 59.4 Å². The van der Waals surface area contributed by atoms with Crippen molar-refractivity contribution >= 4 is 29.0 Å². The molecule has 31 heavy (non-hydrogen) atoms. The smallest absolute Gasteiger partial charge is 0.322 e. The van der Waals surface area contributed by atoms with Gasteiger partial charge in [-0.25, -0.2) is 9.48 Å². The molecule has 0 aliphatic carbocycles. The van der Waals surface area contributed by atoms with Crippen LogP contribution in [0.1, 0.15) is 16.1 Å². The van der Waals surface area contributed by atoms with Gasteiger partial charge >= 0.3 is 6.03 Å². The van der Waals surface area contributed by atoms with Gasteiger partial charge in [-0.05, 0) is 67.6 Å². The van der Waals surface area contributed by atoms with Gasteiger partial charge in [0, 0.05) is 34.5 Å². The van der Waals surface area contributed by atoms with E-state index in [2.05, 4.69) is 21.0 Å². The lowest BCUT2D eigenvalue weighted by molar-refractivity contribution is 0.102. The summed E-state index contributed by atoms with van der Waals surface area (Å²) < 4.78 is 1.80. The molecule has 0 fully saturated rings. The average Bonchev–Trinajstić information content (AvgIpc) is 3.20. The summed E-state index contributed by atoms with van der Waals surface area (Å²) in [5.41, 5.74) is 4.25. The van der Waals surface area contributed by atoms with Crippen molar-refractivity contribution in [2.24, 2.45) is 0 Å². The normalized spacial score (nSPS) is 10.4. The fraction of sp³-hybridized carbons (Fsp3) is 0.0417. The number of anilines is 3. The van der Waals surface area contributed by atoms with Crippen LogP contribution in [0.5, 0.6) is 0 Å². The summed E-state index contributed by atoms with van der Waals surface area (Å²) in [6.07, 6.45) is 1.73. The predicted molar refractivity (Wildman–Crippen MR) is 122 cm³/mol. The van der Waals surface area contributed by atoms with Crippen LogP contribution in [0.4, 0.5) is 21.9 Å². The van der Waals surface area contributed by atoms with Crippen LogP contribution in [-0.4, -0.2) is 21.7 Å². The summed E-state index contributed by atoms with van der Waals surface area (Å²) in [5.74, 6) is -0.241. The molecule has 3 aromatic carbocycles. The molecule has 4 aromatic rings. The predicted octanol–water partition coefficient (Wildman–Crippen LogP) is 5.08. The van der Waals surface area contributed by atoms with Gasteiger partial charge in [0.1, 0.15) is 0 Å². The molecule has 0 saturated carbocycles. The molecule has 4 rings (SSSR count). The van der Waals surface area contributed by atoms with Gasteiger partial charge in [0.15, 0.2) is 0 Å². The number of carbonyl (C=O) groups excluding carboxylic acids is 2. The number of nitrogens with one attached hydrogen (secondary N) is 3. The molecule has 0 saturated heterocycles. The summed E-state index contributed by atoms with van der Waals surface area (Å²) in [6.45, 7) is 1.97. The Morgan fingerprint density at radius 2 is 1.39 bits per heavy atom. The number of rotatable bonds is 5. The fourth-order valence-electron chi connectivity index (χ4n) is 3.09. The lowest BCUT2D eigenvalue weighted by atomic mass is 10.2. The standard InChI is InChI=1S/C24H21N5O2/c1-17-14-15-25-29(17)22-12-10-18(11-13-22)23(30)26-20-8-5-9-21(16-20)28-24(31)27-19-6-3-2-4-7-19/h2-16H,1H3,(H,26,30)(H2,27,28,31). The zero-order valence-electron chi connectivity index (χ0n) is 16.9. The molecule has 7 heteroatoms. The Bertz CT molecular complexity index is 1200. The van der Waals surface area contributed by atoms with Crippen molar-refractivity contribution in [1.29, 1.82) is 0 Å². The highest BCUT2D eigenvalue weighted by molar-refractivity contribution is 6.05. The molecular weight excluding hydrogens is 390 g/mol. The van der Waals surface area contributed by atoms with Gasteiger partial charge in [0.25, 0.3) is 5.91 Å². The van der Waals surface area contributed by atoms with Gasteiger partial charge < -0.3 is 16.0 Å². The quantitative estimate of drug-likeness (QED) is 0.428. The number of benzene rings is 3. The Morgan fingerprint density at radius 3 is 2.06 bits per heavy atom. The second-order valence-electron chi connectivity index (χ2n) is 6.91. The highest BCUT2D eigenvalue weighted by Gasteiger charge is 2.09. The Labute approximate surface area is 179 Å². The average molecular weight is 411 g/mol. The van der Waals surface area contributed by atoms with Crippen LogP contribution in [0, 0.1) is 6.92 Å². The maximum atomic E-state index is 12.6. The molecule has 0 aliphatic rings. The van der Waals surface area contributed by atoms with Crippen LogP contribution < -0.4 is 16.0 Å². The number of hydrogen-bond acceptors (Lipinski definition) is 3. The van der Waals surface area contributed by atoms with Crippen molar-refractivity contribution in [3.05, 3.63) is 102 Å². The van der Waals surface area contributed by atoms with Crippen molar-refractivity contribution in [2.75, 3.05) is 16.0 Å². The molecule has 0 radical (unpaired) electrons. The summed E-state index contributed by atoms with van der Waals surface area (Å²) in [4.78, 5) is 24.8. The van der Waals surface area contributed by atoms with Gasteiger partial charge in [0.05, 0.1) is 5.69 Å². The number of aromatic nitrogens is 2. The van der Waals surface area contributed by atoms with E-state index in [0.29, 0.717) is 22.6 Å². The third kappa shape index (κ3) is 4.97. The lowest BCUT2D eigenvalue weighted by Crippen LogP contribution is -2.19. The van der Waals surface area contributed by atoms with Crippen LogP contribution in [0.25, 0.3) is 5.69 Å². The number of urea groups is 1. The molecule has 0 unspecified atom stereocenters. The Hall–Kier alpha value is -4.39. The molecule has 7 nitrogen and oxygen atoms in total.